The molecule has 1 aliphatic rings. The molecular weight excluding hydrogens is 246 g/mol. The van der Waals surface area contributed by atoms with Gasteiger partial charge in [0.25, 0.3) is 0 Å². The number of rotatable bonds is 0. The van der Waals surface area contributed by atoms with Crippen LogP contribution in [0, 0.1) is 0 Å². The van der Waals surface area contributed by atoms with Gasteiger partial charge in [0.05, 0.1) is 4.99 Å². The molecule has 1 aliphatic heterocycles. The molecule has 0 saturated heterocycles. The summed E-state index contributed by atoms with van der Waals surface area (Å²) >= 11 is 8.65. The van der Waals surface area contributed by atoms with Gasteiger partial charge in [-0.25, -0.2) is 0 Å². The minimum atomic E-state index is 0.959. The smallest absolute Gasteiger partial charge is 0.0797 e. The highest BCUT2D eigenvalue weighted by Gasteiger charge is 2.09. The maximum atomic E-state index is 5.18. The van der Waals surface area contributed by atoms with Crippen LogP contribution >= 0.6 is 28.1 Å². The summed E-state index contributed by atoms with van der Waals surface area (Å²) in [6, 6.07) is 6.28. The van der Waals surface area contributed by atoms with Crippen LogP contribution in [-0.4, -0.2) is 4.99 Å². The topological polar surface area (TPSA) is 12.0 Å². The largest absolute Gasteiger partial charge is 0.350 e. The van der Waals surface area contributed by atoms with E-state index in [2.05, 4.69) is 33.4 Å². The highest BCUT2D eigenvalue weighted by Crippen LogP contribution is 2.25. The fourth-order valence-electron chi connectivity index (χ4n) is 1.54. The first-order chi connectivity index (χ1) is 6.25. The Morgan fingerprint density at radius 1 is 1.31 bits per heavy atom. The van der Waals surface area contributed by atoms with Crippen molar-refractivity contribution in [3.05, 3.63) is 28.2 Å². The molecule has 13 heavy (non-hydrogen) atoms. The van der Waals surface area contributed by atoms with Crippen LogP contribution in [0.15, 0.2) is 22.7 Å². The summed E-state index contributed by atoms with van der Waals surface area (Å²) in [5.74, 6) is 0. The molecule has 0 amide bonds. The zero-order valence-electron chi connectivity index (χ0n) is 7.14. The number of thiocarbonyl (C=S) groups is 1. The molecule has 0 atom stereocenters. The molecule has 0 saturated carbocycles. The molecule has 1 heterocycles. The Bertz CT molecular complexity index is 349. The van der Waals surface area contributed by atoms with E-state index in [1.165, 1.54) is 11.3 Å². The van der Waals surface area contributed by atoms with Crippen molar-refractivity contribution in [1.29, 1.82) is 0 Å². The number of fused-ring (bicyclic) bond motifs is 1. The zero-order valence-corrected chi connectivity index (χ0v) is 9.54. The summed E-state index contributed by atoms with van der Waals surface area (Å²) in [7, 11) is 0. The molecule has 0 unspecified atom stereocenters. The second-order valence-electron chi connectivity index (χ2n) is 3.20. The molecule has 0 radical (unpaired) electrons. The predicted molar refractivity (Wildman–Crippen MR) is 63.3 cm³/mol. The van der Waals surface area contributed by atoms with E-state index in [0.717, 1.165) is 28.7 Å². The first-order valence-corrected chi connectivity index (χ1v) is 5.54. The fraction of sp³-hybridized carbons (Fsp3) is 0.300. The summed E-state index contributed by atoms with van der Waals surface area (Å²) in [4.78, 5) is 0.959. The summed E-state index contributed by atoms with van der Waals surface area (Å²) in [5, 5.41) is 3.26. The van der Waals surface area contributed by atoms with E-state index in [4.69, 9.17) is 12.2 Å². The van der Waals surface area contributed by atoms with Crippen LogP contribution in [-0.2, 0) is 6.42 Å². The maximum absolute atomic E-state index is 5.18. The SMILES string of the molecule is S=C1CCCc2cc(Br)ccc2N1. The van der Waals surface area contributed by atoms with Crippen LogP contribution in [0.25, 0.3) is 0 Å². The molecule has 0 aromatic heterocycles. The Morgan fingerprint density at radius 3 is 3.00 bits per heavy atom. The van der Waals surface area contributed by atoms with Gasteiger partial charge in [0.2, 0.25) is 0 Å². The third-order valence-corrected chi connectivity index (χ3v) is 2.99. The number of anilines is 1. The molecular formula is C10H10BrNS. The van der Waals surface area contributed by atoms with E-state index in [-0.39, 0.29) is 0 Å². The number of halogens is 1. The lowest BCUT2D eigenvalue weighted by Gasteiger charge is -2.07. The average molecular weight is 256 g/mol. The number of aryl methyl sites for hydroxylation is 1. The summed E-state index contributed by atoms with van der Waals surface area (Å²) in [6.07, 6.45) is 3.26. The normalized spacial score (nSPS) is 15.9. The summed E-state index contributed by atoms with van der Waals surface area (Å²) in [6.45, 7) is 0. The van der Waals surface area contributed by atoms with Crippen molar-refractivity contribution < 1.29 is 0 Å². The van der Waals surface area contributed by atoms with E-state index in [1.54, 1.807) is 0 Å². The van der Waals surface area contributed by atoms with Gasteiger partial charge in [-0.1, -0.05) is 28.1 Å². The fourth-order valence-corrected chi connectivity index (χ4v) is 2.21. The summed E-state index contributed by atoms with van der Waals surface area (Å²) < 4.78 is 1.14. The number of hydrogen-bond acceptors (Lipinski definition) is 1. The highest BCUT2D eigenvalue weighted by atomic mass is 79.9. The molecule has 1 N–H and O–H groups in total. The van der Waals surface area contributed by atoms with Gasteiger partial charge < -0.3 is 5.32 Å². The van der Waals surface area contributed by atoms with Gasteiger partial charge >= 0.3 is 0 Å². The van der Waals surface area contributed by atoms with E-state index in [0.29, 0.717) is 0 Å². The Balaban J connectivity index is 2.40. The molecule has 68 valence electrons. The summed E-state index contributed by atoms with van der Waals surface area (Å²) in [5.41, 5.74) is 2.53. The third kappa shape index (κ3) is 2.09. The molecule has 0 spiro atoms. The minimum Gasteiger partial charge on any atom is -0.350 e. The lowest BCUT2D eigenvalue weighted by Crippen LogP contribution is -2.06. The Labute approximate surface area is 91.7 Å². The van der Waals surface area contributed by atoms with Crippen molar-refractivity contribution in [1.82, 2.24) is 0 Å². The van der Waals surface area contributed by atoms with Crippen LogP contribution in [0.4, 0.5) is 5.69 Å². The van der Waals surface area contributed by atoms with Crippen molar-refractivity contribution >= 4 is 38.8 Å². The lowest BCUT2D eigenvalue weighted by atomic mass is 10.1. The van der Waals surface area contributed by atoms with E-state index < -0.39 is 0 Å². The molecule has 0 bridgehead atoms. The molecule has 0 aliphatic carbocycles. The van der Waals surface area contributed by atoms with Crippen molar-refractivity contribution in [2.24, 2.45) is 0 Å². The molecule has 0 fully saturated rings. The maximum Gasteiger partial charge on any atom is 0.0797 e. The molecule has 2 rings (SSSR count). The Kier molecular flexibility index (Phi) is 2.65. The standard InChI is InChI=1S/C10H10BrNS/c11-8-4-5-9-7(6-8)2-1-3-10(13)12-9/h4-6H,1-3H2,(H,12,13). The average Bonchev–Trinajstić information content (AvgIpc) is 2.25. The van der Waals surface area contributed by atoms with Crippen molar-refractivity contribution in [2.45, 2.75) is 19.3 Å². The molecule has 1 aromatic rings. The highest BCUT2D eigenvalue weighted by molar-refractivity contribution is 9.10. The van der Waals surface area contributed by atoms with Crippen molar-refractivity contribution in [3.63, 3.8) is 0 Å². The van der Waals surface area contributed by atoms with Gasteiger partial charge in [-0.3, -0.25) is 0 Å². The first kappa shape index (κ1) is 9.16. The van der Waals surface area contributed by atoms with Crippen molar-refractivity contribution in [3.8, 4) is 0 Å². The predicted octanol–water partition coefficient (Wildman–Crippen LogP) is 3.52. The second kappa shape index (κ2) is 3.76. The van der Waals surface area contributed by atoms with Crippen LogP contribution in [0.2, 0.25) is 0 Å². The van der Waals surface area contributed by atoms with Gasteiger partial charge in [-0.15, -0.1) is 0 Å². The Hall–Kier alpha value is -0.410. The lowest BCUT2D eigenvalue weighted by molar-refractivity contribution is 0.883. The van der Waals surface area contributed by atoms with Gasteiger partial charge in [-0.05, 0) is 43.0 Å². The number of nitrogens with one attached hydrogen (secondary N) is 1. The monoisotopic (exact) mass is 255 g/mol. The second-order valence-corrected chi connectivity index (χ2v) is 4.61. The van der Waals surface area contributed by atoms with Gasteiger partial charge in [0.15, 0.2) is 0 Å². The van der Waals surface area contributed by atoms with E-state index in [1.807, 2.05) is 6.07 Å². The van der Waals surface area contributed by atoms with Gasteiger partial charge in [-0.2, -0.15) is 0 Å². The van der Waals surface area contributed by atoms with Gasteiger partial charge in [0.1, 0.15) is 0 Å². The molecule has 1 aromatic carbocycles. The van der Waals surface area contributed by atoms with E-state index >= 15 is 0 Å². The van der Waals surface area contributed by atoms with Crippen LogP contribution in [0.3, 0.4) is 0 Å². The van der Waals surface area contributed by atoms with Crippen LogP contribution < -0.4 is 5.32 Å². The minimum absolute atomic E-state index is 0.959. The van der Waals surface area contributed by atoms with Crippen LogP contribution in [0.1, 0.15) is 18.4 Å². The quantitative estimate of drug-likeness (QED) is 0.713. The zero-order chi connectivity index (χ0) is 9.26. The van der Waals surface area contributed by atoms with Crippen molar-refractivity contribution in [2.75, 3.05) is 5.32 Å². The van der Waals surface area contributed by atoms with E-state index in [9.17, 15) is 0 Å². The first-order valence-electron chi connectivity index (χ1n) is 4.34. The van der Waals surface area contributed by atoms with Gasteiger partial charge in [0, 0.05) is 10.2 Å². The third-order valence-electron chi connectivity index (χ3n) is 2.19. The Morgan fingerprint density at radius 2 is 2.15 bits per heavy atom. The van der Waals surface area contributed by atoms with Crippen LogP contribution in [0.5, 0.6) is 0 Å². The molecule has 3 heteroatoms. The number of benzene rings is 1. The number of hydrogen-bond donors (Lipinski definition) is 1. The molecule has 1 nitrogen and oxygen atoms in total.